The summed E-state index contributed by atoms with van der Waals surface area (Å²) in [6.45, 7) is 1.95. The van der Waals surface area contributed by atoms with Crippen molar-refractivity contribution in [3.05, 3.63) is 59.5 Å². The van der Waals surface area contributed by atoms with Gasteiger partial charge < -0.3 is 9.73 Å². The van der Waals surface area contributed by atoms with Crippen LogP contribution in [0.5, 0.6) is 0 Å². The summed E-state index contributed by atoms with van der Waals surface area (Å²) in [5.41, 5.74) is 0.995. The van der Waals surface area contributed by atoms with Crippen LogP contribution < -0.4 is 5.32 Å². The lowest BCUT2D eigenvalue weighted by atomic mass is 10.1. The number of carbonyl (C=O) groups excluding carboxylic acids is 1. The van der Waals surface area contributed by atoms with Gasteiger partial charge in [-0.3, -0.25) is 4.79 Å². The van der Waals surface area contributed by atoms with Gasteiger partial charge in [0.15, 0.2) is 0 Å². The fraction of sp³-hybridized carbons (Fsp3) is 0.250. The quantitative estimate of drug-likeness (QED) is 0.906. The summed E-state index contributed by atoms with van der Waals surface area (Å²) in [7, 11) is 0. The third-order valence-corrected chi connectivity index (χ3v) is 3.04. The van der Waals surface area contributed by atoms with Crippen LogP contribution >= 0.6 is 0 Å². The standard InChI is InChI=1S/C16H16N2O2/c1-12(7-8-15-6-3-9-20-15)18-16(19)14-5-2-4-13(10-14)11-17/h2-6,9-10,12H,7-8H2,1H3,(H,18,19)/t12-/m0/s1. The van der Waals surface area contributed by atoms with Crippen molar-refractivity contribution in [3.8, 4) is 6.07 Å². The number of hydrogen-bond donors (Lipinski definition) is 1. The number of aryl methyl sites for hydroxylation is 1. The molecule has 0 aliphatic rings. The van der Waals surface area contributed by atoms with Crippen LogP contribution in [0, 0.1) is 11.3 Å². The van der Waals surface area contributed by atoms with Crippen LogP contribution in [-0.4, -0.2) is 11.9 Å². The molecule has 0 aliphatic carbocycles. The Morgan fingerprint density at radius 1 is 1.40 bits per heavy atom. The predicted octanol–water partition coefficient (Wildman–Crippen LogP) is 2.90. The normalized spacial score (nSPS) is 11.6. The summed E-state index contributed by atoms with van der Waals surface area (Å²) in [5, 5.41) is 11.7. The average molecular weight is 268 g/mol. The highest BCUT2D eigenvalue weighted by Gasteiger charge is 2.10. The molecule has 0 bridgehead atoms. The third-order valence-electron chi connectivity index (χ3n) is 3.04. The molecule has 1 aromatic heterocycles. The van der Waals surface area contributed by atoms with Crippen LogP contribution in [0.3, 0.4) is 0 Å². The van der Waals surface area contributed by atoms with Crippen molar-refractivity contribution in [3.63, 3.8) is 0 Å². The number of amides is 1. The first kappa shape index (κ1) is 13.9. The van der Waals surface area contributed by atoms with Gasteiger partial charge in [0.1, 0.15) is 5.76 Å². The number of nitriles is 1. The summed E-state index contributed by atoms with van der Waals surface area (Å²) < 4.78 is 5.26. The molecule has 0 unspecified atom stereocenters. The van der Waals surface area contributed by atoms with Gasteiger partial charge in [0.05, 0.1) is 17.9 Å². The molecular weight excluding hydrogens is 252 g/mol. The fourth-order valence-electron chi connectivity index (χ4n) is 1.92. The van der Waals surface area contributed by atoms with Gasteiger partial charge >= 0.3 is 0 Å². The first-order valence-electron chi connectivity index (χ1n) is 6.52. The molecule has 20 heavy (non-hydrogen) atoms. The minimum atomic E-state index is -0.158. The van der Waals surface area contributed by atoms with E-state index >= 15 is 0 Å². The van der Waals surface area contributed by atoms with Crippen molar-refractivity contribution in [2.45, 2.75) is 25.8 Å². The Kier molecular flexibility index (Phi) is 4.56. The Bertz CT molecular complexity index is 612. The first-order chi connectivity index (χ1) is 9.69. The minimum absolute atomic E-state index is 0.0401. The van der Waals surface area contributed by atoms with E-state index in [2.05, 4.69) is 5.32 Å². The smallest absolute Gasteiger partial charge is 0.251 e. The van der Waals surface area contributed by atoms with Crippen LogP contribution in [0.4, 0.5) is 0 Å². The van der Waals surface area contributed by atoms with Gasteiger partial charge in [-0.05, 0) is 43.7 Å². The van der Waals surface area contributed by atoms with E-state index in [1.54, 1.807) is 30.5 Å². The van der Waals surface area contributed by atoms with Crippen LogP contribution in [0.25, 0.3) is 0 Å². The molecule has 1 heterocycles. The molecular formula is C16H16N2O2. The SMILES string of the molecule is C[C@@H](CCc1ccco1)NC(=O)c1cccc(C#N)c1. The molecule has 0 saturated heterocycles. The molecule has 4 nitrogen and oxygen atoms in total. The van der Waals surface area contributed by atoms with Crippen molar-refractivity contribution in [2.24, 2.45) is 0 Å². The van der Waals surface area contributed by atoms with Crippen molar-refractivity contribution < 1.29 is 9.21 Å². The van der Waals surface area contributed by atoms with E-state index in [9.17, 15) is 4.79 Å². The summed E-state index contributed by atoms with van der Waals surface area (Å²) in [4.78, 5) is 12.0. The molecule has 0 radical (unpaired) electrons. The summed E-state index contributed by atoms with van der Waals surface area (Å²) in [6.07, 6.45) is 3.23. The number of nitrogens with one attached hydrogen (secondary N) is 1. The van der Waals surface area contributed by atoms with Gasteiger partial charge in [-0.25, -0.2) is 0 Å². The topological polar surface area (TPSA) is 66.0 Å². The number of nitrogens with zero attached hydrogens (tertiary/aromatic N) is 1. The van der Waals surface area contributed by atoms with Gasteiger partial charge in [-0.1, -0.05) is 6.07 Å². The van der Waals surface area contributed by atoms with Gasteiger partial charge in [-0.2, -0.15) is 5.26 Å². The van der Waals surface area contributed by atoms with E-state index in [1.807, 2.05) is 25.1 Å². The Labute approximate surface area is 118 Å². The Morgan fingerprint density at radius 2 is 2.25 bits per heavy atom. The molecule has 0 spiro atoms. The van der Waals surface area contributed by atoms with Crippen LogP contribution in [0.15, 0.2) is 47.1 Å². The Morgan fingerprint density at radius 3 is 2.95 bits per heavy atom. The molecule has 0 aliphatic heterocycles. The fourth-order valence-corrected chi connectivity index (χ4v) is 1.92. The van der Waals surface area contributed by atoms with Gasteiger partial charge in [-0.15, -0.1) is 0 Å². The lowest BCUT2D eigenvalue weighted by Crippen LogP contribution is -2.32. The maximum absolute atomic E-state index is 12.0. The van der Waals surface area contributed by atoms with Gasteiger partial charge in [0.2, 0.25) is 0 Å². The number of furan rings is 1. The predicted molar refractivity (Wildman–Crippen MR) is 75.1 cm³/mol. The molecule has 1 amide bonds. The molecule has 102 valence electrons. The van der Waals surface area contributed by atoms with E-state index in [0.717, 1.165) is 18.6 Å². The van der Waals surface area contributed by atoms with Crippen molar-refractivity contribution in [1.29, 1.82) is 5.26 Å². The van der Waals surface area contributed by atoms with Crippen LogP contribution in [0.1, 0.15) is 35.0 Å². The highest BCUT2D eigenvalue weighted by molar-refractivity contribution is 5.94. The third kappa shape index (κ3) is 3.72. The van der Waals surface area contributed by atoms with Gasteiger partial charge in [0, 0.05) is 18.0 Å². The van der Waals surface area contributed by atoms with E-state index in [4.69, 9.17) is 9.68 Å². The number of hydrogen-bond acceptors (Lipinski definition) is 3. The van der Waals surface area contributed by atoms with Crippen molar-refractivity contribution in [2.75, 3.05) is 0 Å². The summed E-state index contributed by atoms with van der Waals surface area (Å²) in [6, 6.07) is 12.5. The van der Waals surface area contributed by atoms with Crippen LogP contribution in [-0.2, 0) is 6.42 Å². The van der Waals surface area contributed by atoms with E-state index in [-0.39, 0.29) is 11.9 Å². The highest BCUT2D eigenvalue weighted by Crippen LogP contribution is 2.08. The minimum Gasteiger partial charge on any atom is -0.469 e. The maximum Gasteiger partial charge on any atom is 0.251 e. The zero-order valence-electron chi connectivity index (χ0n) is 11.3. The molecule has 1 atom stereocenters. The number of carbonyl (C=O) groups is 1. The van der Waals surface area contributed by atoms with E-state index in [0.29, 0.717) is 11.1 Å². The maximum atomic E-state index is 12.0. The molecule has 1 N–H and O–H groups in total. The molecule has 2 rings (SSSR count). The Hall–Kier alpha value is -2.54. The van der Waals surface area contributed by atoms with Gasteiger partial charge in [0.25, 0.3) is 5.91 Å². The highest BCUT2D eigenvalue weighted by atomic mass is 16.3. The van der Waals surface area contributed by atoms with E-state index in [1.165, 1.54) is 0 Å². The Balaban J connectivity index is 1.88. The second-order valence-electron chi connectivity index (χ2n) is 4.69. The first-order valence-corrected chi connectivity index (χ1v) is 6.52. The van der Waals surface area contributed by atoms with E-state index < -0.39 is 0 Å². The second kappa shape index (κ2) is 6.58. The zero-order valence-corrected chi connectivity index (χ0v) is 11.3. The lowest BCUT2D eigenvalue weighted by Gasteiger charge is -2.13. The second-order valence-corrected chi connectivity index (χ2v) is 4.69. The largest absolute Gasteiger partial charge is 0.469 e. The van der Waals surface area contributed by atoms with Crippen LogP contribution in [0.2, 0.25) is 0 Å². The molecule has 4 heteroatoms. The lowest BCUT2D eigenvalue weighted by molar-refractivity contribution is 0.0938. The molecule has 0 fully saturated rings. The molecule has 2 aromatic rings. The summed E-state index contributed by atoms with van der Waals surface area (Å²) in [5.74, 6) is 0.756. The molecule has 0 saturated carbocycles. The monoisotopic (exact) mass is 268 g/mol. The average Bonchev–Trinajstić information content (AvgIpc) is 2.98. The van der Waals surface area contributed by atoms with Crippen molar-refractivity contribution in [1.82, 2.24) is 5.32 Å². The number of rotatable bonds is 5. The molecule has 1 aromatic carbocycles. The van der Waals surface area contributed by atoms with Crippen molar-refractivity contribution >= 4 is 5.91 Å². The summed E-state index contributed by atoms with van der Waals surface area (Å²) >= 11 is 0. The zero-order chi connectivity index (χ0) is 14.4. The number of benzene rings is 1.